The van der Waals surface area contributed by atoms with Crippen molar-refractivity contribution in [1.82, 2.24) is 4.90 Å². The van der Waals surface area contributed by atoms with Crippen LogP contribution in [0.1, 0.15) is 12.5 Å². The number of benzene rings is 1. The van der Waals surface area contributed by atoms with Crippen molar-refractivity contribution in [2.24, 2.45) is 10.7 Å². The van der Waals surface area contributed by atoms with E-state index in [0.717, 1.165) is 5.56 Å². The summed E-state index contributed by atoms with van der Waals surface area (Å²) >= 11 is 3.21. The highest BCUT2D eigenvalue weighted by atomic mass is 79.9. The lowest BCUT2D eigenvalue weighted by atomic mass is 9.91. The molecule has 1 heterocycles. The third-order valence-corrected chi connectivity index (χ3v) is 3.88. The summed E-state index contributed by atoms with van der Waals surface area (Å²) in [6.45, 7) is 6.94. The van der Waals surface area contributed by atoms with Gasteiger partial charge < -0.3 is 10.6 Å². The van der Waals surface area contributed by atoms with E-state index in [1.807, 2.05) is 11.8 Å². The van der Waals surface area contributed by atoms with Gasteiger partial charge >= 0.3 is 0 Å². The first-order valence-electron chi connectivity index (χ1n) is 5.63. The molecule has 18 heavy (non-hydrogen) atoms. The van der Waals surface area contributed by atoms with Crippen molar-refractivity contribution in [2.45, 2.75) is 12.5 Å². The number of rotatable bonds is 3. The van der Waals surface area contributed by atoms with Gasteiger partial charge in [-0.2, -0.15) is 0 Å². The van der Waals surface area contributed by atoms with Crippen LogP contribution in [0.3, 0.4) is 0 Å². The molecule has 1 aromatic carbocycles. The average molecular weight is 312 g/mol. The Morgan fingerprint density at radius 2 is 2.39 bits per heavy atom. The molecule has 1 unspecified atom stereocenters. The largest absolute Gasteiger partial charge is 0.370 e. The Morgan fingerprint density at radius 1 is 1.67 bits per heavy atom. The second-order valence-electron chi connectivity index (χ2n) is 4.48. The second-order valence-corrected chi connectivity index (χ2v) is 5.33. The van der Waals surface area contributed by atoms with E-state index in [4.69, 9.17) is 5.73 Å². The van der Waals surface area contributed by atoms with E-state index in [1.54, 1.807) is 18.2 Å². The normalized spacial score (nSPS) is 23.1. The predicted octanol–water partition coefficient (Wildman–Crippen LogP) is 2.62. The summed E-state index contributed by atoms with van der Waals surface area (Å²) in [6.07, 6.45) is 1.78. The molecule has 3 nitrogen and oxygen atoms in total. The molecule has 2 rings (SSSR count). The SMILES string of the molecule is C=CCN1C(N)=NCC1(C)c1ccc(F)c(Br)c1. The summed E-state index contributed by atoms with van der Waals surface area (Å²) in [5, 5.41) is 0. The number of guanidine groups is 1. The lowest BCUT2D eigenvalue weighted by molar-refractivity contribution is 0.244. The monoisotopic (exact) mass is 311 g/mol. The smallest absolute Gasteiger partial charge is 0.192 e. The maximum Gasteiger partial charge on any atom is 0.192 e. The average Bonchev–Trinajstić information content (AvgIpc) is 2.62. The highest BCUT2D eigenvalue weighted by Gasteiger charge is 2.39. The van der Waals surface area contributed by atoms with Crippen molar-refractivity contribution < 1.29 is 4.39 Å². The van der Waals surface area contributed by atoms with Gasteiger partial charge in [0, 0.05) is 6.54 Å². The highest BCUT2D eigenvalue weighted by Crippen LogP contribution is 2.34. The molecule has 1 aliphatic heterocycles. The van der Waals surface area contributed by atoms with E-state index in [0.29, 0.717) is 23.5 Å². The van der Waals surface area contributed by atoms with Gasteiger partial charge in [0.1, 0.15) is 5.82 Å². The van der Waals surface area contributed by atoms with Crippen LogP contribution in [0.15, 0.2) is 40.3 Å². The fourth-order valence-electron chi connectivity index (χ4n) is 2.16. The molecule has 0 aliphatic carbocycles. The standard InChI is InChI=1S/C13H15BrFN3/c1-3-6-18-12(16)17-8-13(18,2)9-4-5-11(15)10(14)7-9/h3-5,7H,1,6,8H2,2H3,(H2,16,17). The van der Waals surface area contributed by atoms with E-state index in [2.05, 4.69) is 27.5 Å². The van der Waals surface area contributed by atoms with Crippen LogP contribution in [-0.2, 0) is 5.54 Å². The van der Waals surface area contributed by atoms with E-state index in [1.165, 1.54) is 6.07 Å². The van der Waals surface area contributed by atoms with Crippen LogP contribution in [0.2, 0.25) is 0 Å². The van der Waals surface area contributed by atoms with Crippen LogP contribution in [0.5, 0.6) is 0 Å². The predicted molar refractivity (Wildman–Crippen MR) is 74.8 cm³/mol. The fraction of sp³-hybridized carbons (Fsp3) is 0.308. The first-order valence-corrected chi connectivity index (χ1v) is 6.42. The number of aliphatic imine (C=N–C) groups is 1. The van der Waals surface area contributed by atoms with Crippen LogP contribution in [0, 0.1) is 5.82 Å². The molecule has 0 bridgehead atoms. The first kappa shape index (κ1) is 13.1. The molecule has 0 fully saturated rings. The lowest BCUT2D eigenvalue weighted by Crippen LogP contribution is -2.47. The summed E-state index contributed by atoms with van der Waals surface area (Å²) in [5.41, 5.74) is 6.51. The zero-order valence-electron chi connectivity index (χ0n) is 10.2. The summed E-state index contributed by atoms with van der Waals surface area (Å²) in [7, 11) is 0. The van der Waals surface area contributed by atoms with E-state index >= 15 is 0 Å². The molecular weight excluding hydrogens is 297 g/mol. The lowest BCUT2D eigenvalue weighted by Gasteiger charge is -2.36. The van der Waals surface area contributed by atoms with Crippen molar-refractivity contribution in [3.8, 4) is 0 Å². The van der Waals surface area contributed by atoms with E-state index in [9.17, 15) is 4.39 Å². The van der Waals surface area contributed by atoms with Crippen LogP contribution in [0.4, 0.5) is 4.39 Å². The number of hydrogen-bond acceptors (Lipinski definition) is 3. The topological polar surface area (TPSA) is 41.6 Å². The van der Waals surface area contributed by atoms with Gasteiger partial charge in [-0.3, -0.25) is 4.99 Å². The van der Waals surface area contributed by atoms with Crippen LogP contribution in [0.25, 0.3) is 0 Å². The van der Waals surface area contributed by atoms with Gasteiger partial charge in [-0.05, 0) is 40.5 Å². The third kappa shape index (κ3) is 2.03. The van der Waals surface area contributed by atoms with Gasteiger partial charge in [0.25, 0.3) is 0 Å². The molecule has 1 aromatic rings. The maximum atomic E-state index is 13.3. The second kappa shape index (κ2) is 4.72. The Balaban J connectivity index is 2.41. The molecule has 1 aliphatic rings. The minimum Gasteiger partial charge on any atom is -0.370 e. The van der Waals surface area contributed by atoms with Crippen molar-refractivity contribution in [3.63, 3.8) is 0 Å². The van der Waals surface area contributed by atoms with Crippen molar-refractivity contribution >= 4 is 21.9 Å². The maximum absolute atomic E-state index is 13.3. The number of nitrogens with zero attached hydrogens (tertiary/aromatic N) is 2. The number of halogens is 2. The highest BCUT2D eigenvalue weighted by molar-refractivity contribution is 9.10. The molecule has 2 N–H and O–H groups in total. The molecule has 0 amide bonds. The number of nitrogens with two attached hydrogens (primary N) is 1. The molecule has 0 spiro atoms. The summed E-state index contributed by atoms with van der Waals surface area (Å²) in [6, 6.07) is 5.00. The molecule has 1 atom stereocenters. The van der Waals surface area contributed by atoms with E-state index in [-0.39, 0.29) is 11.4 Å². The Labute approximate surface area is 114 Å². The minimum absolute atomic E-state index is 0.274. The Bertz CT molecular complexity index is 515. The van der Waals surface area contributed by atoms with Crippen LogP contribution >= 0.6 is 15.9 Å². The minimum atomic E-state index is -0.353. The van der Waals surface area contributed by atoms with Gasteiger partial charge in [0.15, 0.2) is 5.96 Å². The van der Waals surface area contributed by atoms with Crippen LogP contribution < -0.4 is 5.73 Å². The fourth-order valence-corrected chi connectivity index (χ4v) is 2.54. The summed E-state index contributed by atoms with van der Waals surface area (Å²) in [5.74, 6) is 0.224. The van der Waals surface area contributed by atoms with Crippen LogP contribution in [-0.4, -0.2) is 23.9 Å². The zero-order chi connectivity index (χ0) is 13.3. The summed E-state index contributed by atoms with van der Waals surface area (Å²) < 4.78 is 13.8. The van der Waals surface area contributed by atoms with Gasteiger partial charge in [-0.15, -0.1) is 6.58 Å². The molecule has 96 valence electrons. The van der Waals surface area contributed by atoms with Gasteiger partial charge in [0.05, 0.1) is 16.6 Å². The molecule has 0 aromatic heterocycles. The Kier molecular flexibility index (Phi) is 3.43. The molecule has 0 radical (unpaired) electrons. The molecule has 0 saturated heterocycles. The van der Waals surface area contributed by atoms with Crippen molar-refractivity contribution in [2.75, 3.05) is 13.1 Å². The number of hydrogen-bond donors (Lipinski definition) is 1. The van der Waals surface area contributed by atoms with E-state index < -0.39 is 0 Å². The van der Waals surface area contributed by atoms with Gasteiger partial charge in [-0.1, -0.05) is 12.1 Å². The van der Waals surface area contributed by atoms with Crippen molar-refractivity contribution in [1.29, 1.82) is 0 Å². The Hall–Kier alpha value is -1.36. The first-order chi connectivity index (χ1) is 8.49. The van der Waals surface area contributed by atoms with Gasteiger partial charge in [0.2, 0.25) is 0 Å². The summed E-state index contributed by atoms with van der Waals surface area (Å²) in [4.78, 5) is 6.25. The molecule has 0 saturated carbocycles. The van der Waals surface area contributed by atoms with Crippen molar-refractivity contribution in [3.05, 3.63) is 46.7 Å². The van der Waals surface area contributed by atoms with Gasteiger partial charge in [-0.25, -0.2) is 4.39 Å². The molecule has 5 heteroatoms. The molecular formula is C13H15BrFN3. The zero-order valence-corrected chi connectivity index (χ0v) is 11.7. The Morgan fingerprint density at radius 3 is 3.00 bits per heavy atom. The quantitative estimate of drug-likeness (QED) is 0.872. The third-order valence-electron chi connectivity index (χ3n) is 3.27.